The minimum absolute atomic E-state index is 0.0305. The molecule has 0 aliphatic carbocycles. The normalized spacial score (nSPS) is 11.8. The topological polar surface area (TPSA) is 45.1 Å². The molecule has 1 aromatic heterocycles. The fourth-order valence-corrected chi connectivity index (χ4v) is 2.91. The average Bonchev–Trinajstić information content (AvgIpc) is 2.97. The van der Waals surface area contributed by atoms with Crippen molar-refractivity contribution in [3.05, 3.63) is 41.4 Å². The fourth-order valence-electron chi connectivity index (χ4n) is 2.09. The van der Waals surface area contributed by atoms with Crippen molar-refractivity contribution in [2.45, 2.75) is 33.2 Å². The summed E-state index contributed by atoms with van der Waals surface area (Å²) in [5.41, 5.74) is 2.31. The molecule has 21 heavy (non-hydrogen) atoms. The van der Waals surface area contributed by atoms with Gasteiger partial charge < -0.3 is 10.4 Å². The van der Waals surface area contributed by atoms with Crippen molar-refractivity contribution in [3.63, 3.8) is 0 Å². The van der Waals surface area contributed by atoms with E-state index in [2.05, 4.69) is 41.7 Å². The quantitative estimate of drug-likeness (QED) is 0.731. The van der Waals surface area contributed by atoms with Crippen molar-refractivity contribution in [1.29, 1.82) is 0 Å². The highest BCUT2D eigenvalue weighted by molar-refractivity contribution is 7.13. The Bertz CT molecular complexity index is 537. The molecule has 4 heteroatoms. The molecule has 0 saturated carbocycles. The van der Waals surface area contributed by atoms with Crippen LogP contribution in [0.1, 0.15) is 32.4 Å². The summed E-state index contributed by atoms with van der Waals surface area (Å²) >= 11 is 1.69. The average molecular weight is 304 g/mol. The first-order valence-electron chi connectivity index (χ1n) is 7.42. The van der Waals surface area contributed by atoms with E-state index < -0.39 is 0 Å². The highest BCUT2D eigenvalue weighted by atomic mass is 32.1. The number of nitrogens with zero attached hydrogens (tertiary/aromatic N) is 1. The third-order valence-electron chi connectivity index (χ3n) is 3.51. The highest BCUT2D eigenvalue weighted by Crippen LogP contribution is 2.23. The molecule has 0 bridgehead atoms. The monoisotopic (exact) mass is 304 g/mol. The third kappa shape index (κ3) is 5.23. The molecular weight excluding hydrogens is 280 g/mol. The van der Waals surface area contributed by atoms with Crippen LogP contribution < -0.4 is 5.32 Å². The number of aliphatic hydroxyl groups excluding tert-OH is 1. The van der Waals surface area contributed by atoms with Crippen molar-refractivity contribution in [3.8, 4) is 10.6 Å². The summed E-state index contributed by atoms with van der Waals surface area (Å²) in [6.45, 7) is 6.21. The predicted molar refractivity (Wildman–Crippen MR) is 89.4 cm³/mol. The van der Waals surface area contributed by atoms with E-state index in [4.69, 9.17) is 0 Å². The first-order valence-corrected chi connectivity index (χ1v) is 8.30. The van der Waals surface area contributed by atoms with Gasteiger partial charge in [-0.25, -0.2) is 4.98 Å². The molecule has 0 saturated heterocycles. The molecular formula is C17H24N2OS. The van der Waals surface area contributed by atoms with E-state index in [1.807, 2.05) is 18.2 Å². The van der Waals surface area contributed by atoms with Gasteiger partial charge in [0.05, 0.1) is 5.69 Å². The Morgan fingerprint density at radius 3 is 2.71 bits per heavy atom. The van der Waals surface area contributed by atoms with Gasteiger partial charge in [0, 0.05) is 24.1 Å². The molecule has 1 aromatic carbocycles. The van der Waals surface area contributed by atoms with Gasteiger partial charge in [0.2, 0.25) is 0 Å². The van der Waals surface area contributed by atoms with E-state index in [-0.39, 0.29) is 12.0 Å². The zero-order chi connectivity index (χ0) is 15.1. The van der Waals surface area contributed by atoms with E-state index in [0.29, 0.717) is 0 Å². The Balaban J connectivity index is 1.74. The van der Waals surface area contributed by atoms with Crippen molar-refractivity contribution >= 4 is 11.3 Å². The molecule has 0 fully saturated rings. The Kier molecular flexibility index (Phi) is 5.91. The van der Waals surface area contributed by atoms with Crippen molar-refractivity contribution in [1.82, 2.24) is 10.3 Å². The van der Waals surface area contributed by atoms with E-state index in [1.54, 1.807) is 11.3 Å². The Hall–Kier alpha value is -1.23. The molecule has 0 amide bonds. The lowest BCUT2D eigenvalue weighted by Gasteiger charge is -2.21. The van der Waals surface area contributed by atoms with Gasteiger partial charge in [0.1, 0.15) is 5.01 Å². The standard InChI is InChI=1S/C17H24N2OS/c1-17(2,13-20)9-6-10-18-11-15-12-21-16(19-15)14-7-4-3-5-8-14/h3-5,7-8,12,18,20H,6,9-11,13H2,1-2H3. The van der Waals surface area contributed by atoms with Crippen LogP contribution in [-0.4, -0.2) is 23.2 Å². The van der Waals surface area contributed by atoms with E-state index in [0.717, 1.165) is 36.6 Å². The maximum absolute atomic E-state index is 9.21. The second-order valence-corrected chi connectivity index (χ2v) is 6.97. The summed E-state index contributed by atoms with van der Waals surface area (Å²) < 4.78 is 0. The molecule has 0 spiro atoms. The van der Waals surface area contributed by atoms with Crippen LogP contribution in [0.2, 0.25) is 0 Å². The summed E-state index contributed by atoms with van der Waals surface area (Å²) in [4.78, 5) is 4.66. The van der Waals surface area contributed by atoms with Crippen LogP contribution in [0.3, 0.4) is 0 Å². The molecule has 2 rings (SSSR count). The molecule has 2 N–H and O–H groups in total. The number of nitrogens with one attached hydrogen (secondary N) is 1. The molecule has 0 unspecified atom stereocenters. The maximum atomic E-state index is 9.21. The molecule has 0 radical (unpaired) electrons. The van der Waals surface area contributed by atoms with Gasteiger partial charge >= 0.3 is 0 Å². The van der Waals surface area contributed by atoms with Gasteiger partial charge in [0.15, 0.2) is 0 Å². The summed E-state index contributed by atoms with van der Waals surface area (Å²) in [6, 6.07) is 10.3. The zero-order valence-corrected chi connectivity index (χ0v) is 13.6. The number of aromatic nitrogens is 1. The van der Waals surface area contributed by atoms with Crippen LogP contribution in [0.4, 0.5) is 0 Å². The first-order chi connectivity index (χ1) is 10.1. The van der Waals surface area contributed by atoms with Gasteiger partial charge in [-0.2, -0.15) is 0 Å². The van der Waals surface area contributed by atoms with E-state index >= 15 is 0 Å². The summed E-state index contributed by atoms with van der Waals surface area (Å²) in [6.07, 6.45) is 2.10. The SMILES string of the molecule is CC(C)(CO)CCCNCc1csc(-c2ccccc2)n1. The molecule has 0 aliphatic rings. The minimum atomic E-state index is 0.0305. The summed E-state index contributed by atoms with van der Waals surface area (Å²) in [5, 5.41) is 15.8. The van der Waals surface area contributed by atoms with Gasteiger partial charge in [-0.1, -0.05) is 44.2 Å². The number of rotatable bonds is 8. The molecule has 0 aliphatic heterocycles. The molecule has 0 atom stereocenters. The summed E-state index contributed by atoms with van der Waals surface area (Å²) in [7, 11) is 0. The lowest BCUT2D eigenvalue weighted by molar-refractivity contribution is 0.148. The van der Waals surface area contributed by atoms with Gasteiger partial charge in [-0.3, -0.25) is 0 Å². The highest BCUT2D eigenvalue weighted by Gasteiger charge is 2.15. The first kappa shape index (κ1) is 16.1. The number of aliphatic hydroxyl groups is 1. The van der Waals surface area contributed by atoms with Crippen molar-refractivity contribution in [2.75, 3.05) is 13.2 Å². The van der Waals surface area contributed by atoms with Crippen molar-refractivity contribution in [2.24, 2.45) is 5.41 Å². The van der Waals surface area contributed by atoms with Crippen LogP contribution in [0.5, 0.6) is 0 Å². The minimum Gasteiger partial charge on any atom is -0.396 e. The molecule has 3 nitrogen and oxygen atoms in total. The van der Waals surface area contributed by atoms with Gasteiger partial charge in [0.25, 0.3) is 0 Å². The molecule has 1 heterocycles. The number of benzene rings is 1. The smallest absolute Gasteiger partial charge is 0.123 e. The van der Waals surface area contributed by atoms with E-state index in [1.165, 1.54) is 5.56 Å². The van der Waals surface area contributed by atoms with Crippen LogP contribution in [0.25, 0.3) is 10.6 Å². The Morgan fingerprint density at radius 2 is 2.00 bits per heavy atom. The largest absolute Gasteiger partial charge is 0.396 e. The van der Waals surface area contributed by atoms with Gasteiger partial charge in [-0.05, 0) is 24.8 Å². The third-order valence-corrected chi connectivity index (χ3v) is 4.45. The lowest BCUT2D eigenvalue weighted by Crippen LogP contribution is -2.21. The lowest BCUT2D eigenvalue weighted by atomic mass is 9.89. The molecule has 114 valence electrons. The number of hydrogen-bond acceptors (Lipinski definition) is 4. The second-order valence-electron chi connectivity index (χ2n) is 6.11. The maximum Gasteiger partial charge on any atom is 0.123 e. The van der Waals surface area contributed by atoms with Crippen LogP contribution in [0.15, 0.2) is 35.7 Å². The van der Waals surface area contributed by atoms with E-state index in [9.17, 15) is 5.11 Å². The van der Waals surface area contributed by atoms with Gasteiger partial charge in [-0.15, -0.1) is 11.3 Å². The van der Waals surface area contributed by atoms with Crippen LogP contribution in [0, 0.1) is 5.41 Å². The second kappa shape index (κ2) is 7.69. The number of hydrogen-bond donors (Lipinski definition) is 2. The zero-order valence-electron chi connectivity index (χ0n) is 12.8. The predicted octanol–water partition coefficient (Wildman–Crippen LogP) is 3.70. The van der Waals surface area contributed by atoms with Crippen LogP contribution >= 0.6 is 11.3 Å². The Morgan fingerprint density at radius 1 is 1.24 bits per heavy atom. The molecule has 2 aromatic rings. The van der Waals surface area contributed by atoms with Crippen LogP contribution in [-0.2, 0) is 6.54 Å². The van der Waals surface area contributed by atoms with Crippen molar-refractivity contribution < 1.29 is 5.11 Å². The number of thiazole rings is 1. The Labute approximate surface area is 131 Å². The summed E-state index contributed by atoms with van der Waals surface area (Å²) in [5.74, 6) is 0. The fraction of sp³-hybridized carbons (Fsp3) is 0.471.